The molecule has 114 valence electrons. The number of amides is 1. The normalized spacial score (nSPS) is 19.0. The lowest BCUT2D eigenvalue weighted by Crippen LogP contribution is -2.47. The number of rotatable bonds is 5. The lowest BCUT2D eigenvalue weighted by Gasteiger charge is -2.34. The van der Waals surface area contributed by atoms with Crippen molar-refractivity contribution in [1.82, 2.24) is 4.90 Å². The molecule has 0 bridgehead atoms. The van der Waals surface area contributed by atoms with Gasteiger partial charge in [-0.3, -0.25) is 9.59 Å². The minimum absolute atomic E-state index is 0.149. The minimum atomic E-state index is -0.901. The van der Waals surface area contributed by atoms with Crippen LogP contribution < -0.4 is 5.73 Å². The number of nitrogens with zero attached hydrogens (tertiary/aromatic N) is 1. The highest BCUT2D eigenvalue weighted by Crippen LogP contribution is 2.28. The van der Waals surface area contributed by atoms with Crippen molar-refractivity contribution in [3.8, 4) is 0 Å². The summed E-state index contributed by atoms with van der Waals surface area (Å²) in [6, 6.07) is 6.86. The molecule has 1 aliphatic rings. The fourth-order valence-electron chi connectivity index (χ4n) is 2.77. The van der Waals surface area contributed by atoms with Gasteiger partial charge in [0.25, 0.3) is 0 Å². The van der Waals surface area contributed by atoms with Gasteiger partial charge in [-0.05, 0) is 17.5 Å². The average Bonchev–Trinajstić information content (AvgIpc) is 2.50. The van der Waals surface area contributed by atoms with Gasteiger partial charge in [0, 0.05) is 13.1 Å². The molecule has 1 heterocycles. The second-order valence-electron chi connectivity index (χ2n) is 5.56. The highest BCUT2D eigenvalue weighted by molar-refractivity contribution is 5.84. The molecule has 2 rings (SSSR count). The Morgan fingerprint density at radius 3 is 2.81 bits per heavy atom. The van der Waals surface area contributed by atoms with Crippen LogP contribution in [0.3, 0.4) is 0 Å². The van der Waals surface area contributed by atoms with Crippen LogP contribution in [0.15, 0.2) is 24.3 Å². The number of carbonyl (C=O) groups excluding carboxylic acids is 1. The third kappa shape index (κ3) is 3.42. The first-order valence-corrected chi connectivity index (χ1v) is 7.39. The van der Waals surface area contributed by atoms with E-state index in [1.165, 1.54) is 0 Å². The minimum Gasteiger partial charge on any atom is -0.481 e. The van der Waals surface area contributed by atoms with E-state index in [0.717, 1.165) is 24.0 Å². The first-order chi connectivity index (χ1) is 10.0. The van der Waals surface area contributed by atoms with Crippen LogP contribution in [0.2, 0.25) is 0 Å². The van der Waals surface area contributed by atoms with Crippen molar-refractivity contribution in [3.63, 3.8) is 0 Å². The van der Waals surface area contributed by atoms with Crippen molar-refractivity contribution in [1.29, 1.82) is 0 Å². The molecule has 1 aromatic rings. The van der Waals surface area contributed by atoms with Crippen molar-refractivity contribution in [3.05, 3.63) is 35.4 Å². The van der Waals surface area contributed by atoms with E-state index in [2.05, 4.69) is 6.92 Å². The van der Waals surface area contributed by atoms with Gasteiger partial charge in [0.2, 0.25) is 5.91 Å². The predicted octanol–water partition coefficient (Wildman–Crippen LogP) is 1.71. The number of benzene rings is 1. The van der Waals surface area contributed by atoms with E-state index >= 15 is 0 Å². The summed E-state index contributed by atoms with van der Waals surface area (Å²) in [5.74, 6) is -1.72. The fourth-order valence-corrected chi connectivity index (χ4v) is 2.77. The molecule has 1 aromatic carbocycles. The van der Waals surface area contributed by atoms with Crippen molar-refractivity contribution in [2.24, 2.45) is 5.73 Å². The molecule has 0 spiro atoms. The summed E-state index contributed by atoms with van der Waals surface area (Å²) in [5.41, 5.74) is 7.63. The van der Waals surface area contributed by atoms with Crippen LogP contribution >= 0.6 is 0 Å². The van der Waals surface area contributed by atoms with Gasteiger partial charge < -0.3 is 15.7 Å². The molecular weight excluding hydrogens is 268 g/mol. The zero-order valence-electron chi connectivity index (χ0n) is 12.3. The van der Waals surface area contributed by atoms with Gasteiger partial charge in [0.15, 0.2) is 0 Å². The zero-order chi connectivity index (χ0) is 15.4. The topological polar surface area (TPSA) is 83.6 Å². The number of carbonyl (C=O) groups is 2. The van der Waals surface area contributed by atoms with Crippen molar-refractivity contribution >= 4 is 11.9 Å². The lowest BCUT2D eigenvalue weighted by atomic mass is 9.89. The van der Waals surface area contributed by atoms with Gasteiger partial charge in [-0.15, -0.1) is 0 Å². The van der Waals surface area contributed by atoms with Gasteiger partial charge >= 0.3 is 5.97 Å². The molecule has 1 amide bonds. The molecule has 3 N–H and O–H groups in total. The van der Waals surface area contributed by atoms with E-state index in [0.29, 0.717) is 13.0 Å². The van der Waals surface area contributed by atoms with E-state index in [9.17, 15) is 14.7 Å². The maximum absolute atomic E-state index is 12.4. The number of unbranched alkanes of at least 4 members (excludes halogenated alkanes) is 1. The Kier molecular flexibility index (Phi) is 4.96. The summed E-state index contributed by atoms with van der Waals surface area (Å²) in [7, 11) is 0. The van der Waals surface area contributed by atoms with Crippen molar-refractivity contribution in [2.75, 3.05) is 6.54 Å². The van der Waals surface area contributed by atoms with Crippen molar-refractivity contribution < 1.29 is 14.7 Å². The standard InChI is InChI=1S/C16H22N2O3/c1-2-3-8-14(17)15(19)18-9-11-6-4-5-7-12(11)13(10-18)16(20)21/h4-7,13-14H,2-3,8-10,17H2,1H3,(H,20,21). The molecule has 1 aliphatic heterocycles. The largest absolute Gasteiger partial charge is 0.481 e. The SMILES string of the molecule is CCCCC(N)C(=O)N1Cc2ccccc2C(C(=O)O)C1. The van der Waals surface area contributed by atoms with Crippen LogP contribution in [0.25, 0.3) is 0 Å². The fraction of sp³-hybridized carbons (Fsp3) is 0.500. The quantitative estimate of drug-likeness (QED) is 0.864. The molecule has 0 aromatic heterocycles. The van der Waals surface area contributed by atoms with Crippen LogP contribution in [-0.2, 0) is 16.1 Å². The molecule has 5 nitrogen and oxygen atoms in total. The van der Waals surface area contributed by atoms with E-state index in [1.807, 2.05) is 24.3 Å². The van der Waals surface area contributed by atoms with Crippen LogP contribution in [-0.4, -0.2) is 34.5 Å². The summed E-state index contributed by atoms with van der Waals surface area (Å²) in [4.78, 5) is 25.4. The third-order valence-corrected chi connectivity index (χ3v) is 3.99. The number of hydrogen-bond acceptors (Lipinski definition) is 3. The van der Waals surface area contributed by atoms with E-state index in [4.69, 9.17) is 5.73 Å². The number of fused-ring (bicyclic) bond motifs is 1. The molecule has 0 aliphatic carbocycles. The molecule has 0 saturated heterocycles. The second-order valence-corrected chi connectivity index (χ2v) is 5.56. The van der Waals surface area contributed by atoms with E-state index in [-0.39, 0.29) is 12.5 Å². The van der Waals surface area contributed by atoms with Crippen molar-refractivity contribution in [2.45, 2.75) is 44.7 Å². The summed E-state index contributed by atoms with van der Waals surface area (Å²) in [6.07, 6.45) is 2.53. The number of hydrogen-bond donors (Lipinski definition) is 2. The molecule has 5 heteroatoms. The second kappa shape index (κ2) is 6.72. The zero-order valence-corrected chi connectivity index (χ0v) is 12.3. The van der Waals surface area contributed by atoms with E-state index in [1.54, 1.807) is 4.90 Å². The number of carboxylic acid groups (broad SMARTS) is 1. The van der Waals surface area contributed by atoms with Crippen LogP contribution in [0.1, 0.15) is 43.2 Å². The molecule has 0 saturated carbocycles. The molecule has 0 radical (unpaired) electrons. The van der Waals surface area contributed by atoms with Gasteiger partial charge in [-0.1, -0.05) is 44.0 Å². The number of nitrogens with two attached hydrogens (primary N) is 1. The Bertz CT molecular complexity index is 530. The molecule has 0 fully saturated rings. The average molecular weight is 290 g/mol. The molecule has 2 unspecified atom stereocenters. The maximum Gasteiger partial charge on any atom is 0.312 e. The van der Waals surface area contributed by atoms with Crippen LogP contribution in [0.4, 0.5) is 0 Å². The molecular formula is C16H22N2O3. The first-order valence-electron chi connectivity index (χ1n) is 7.39. The van der Waals surface area contributed by atoms with Gasteiger partial charge in [-0.25, -0.2) is 0 Å². The molecule has 21 heavy (non-hydrogen) atoms. The Balaban J connectivity index is 2.17. The lowest BCUT2D eigenvalue weighted by molar-refractivity contribution is -0.141. The van der Waals surface area contributed by atoms with Crippen LogP contribution in [0.5, 0.6) is 0 Å². The highest BCUT2D eigenvalue weighted by Gasteiger charge is 2.33. The number of carboxylic acids is 1. The summed E-state index contributed by atoms with van der Waals surface area (Å²) in [5, 5.41) is 9.40. The third-order valence-electron chi connectivity index (χ3n) is 3.99. The van der Waals surface area contributed by atoms with Gasteiger partial charge in [0.05, 0.1) is 12.0 Å². The van der Waals surface area contributed by atoms with Gasteiger partial charge in [0.1, 0.15) is 0 Å². The smallest absolute Gasteiger partial charge is 0.312 e. The summed E-state index contributed by atoms with van der Waals surface area (Å²) < 4.78 is 0. The first kappa shape index (κ1) is 15.5. The Morgan fingerprint density at radius 2 is 2.14 bits per heavy atom. The van der Waals surface area contributed by atoms with Crippen LogP contribution in [0, 0.1) is 0 Å². The van der Waals surface area contributed by atoms with E-state index < -0.39 is 17.9 Å². The van der Waals surface area contributed by atoms with Gasteiger partial charge in [-0.2, -0.15) is 0 Å². The predicted molar refractivity (Wildman–Crippen MR) is 79.7 cm³/mol. The maximum atomic E-state index is 12.4. The number of aliphatic carboxylic acids is 1. The summed E-state index contributed by atoms with van der Waals surface area (Å²) in [6.45, 7) is 2.69. The Labute approximate surface area is 124 Å². The highest BCUT2D eigenvalue weighted by atomic mass is 16.4. The monoisotopic (exact) mass is 290 g/mol. The molecule has 2 atom stereocenters. The Hall–Kier alpha value is -1.88. The Morgan fingerprint density at radius 1 is 1.43 bits per heavy atom. The summed E-state index contributed by atoms with van der Waals surface area (Å²) >= 11 is 0.